The molecule has 26 heavy (non-hydrogen) atoms. The van der Waals surface area contributed by atoms with Crippen LogP contribution in [-0.4, -0.2) is 27.0 Å². The maximum Gasteiger partial charge on any atom is 0.227 e. The molecule has 0 aliphatic carbocycles. The Morgan fingerprint density at radius 1 is 1.19 bits per heavy atom. The normalized spacial score (nSPS) is 11.0. The van der Waals surface area contributed by atoms with Gasteiger partial charge in [-0.15, -0.1) is 0 Å². The summed E-state index contributed by atoms with van der Waals surface area (Å²) < 4.78 is 1.97. The molecular weight excluding hydrogens is 348 g/mol. The summed E-state index contributed by atoms with van der Waals surface area (Å²) in [6.45, 7) is 3.38. The van der Waals surface area contributed by atoms with Crippen LogP contribution in [0.2, 0.25) is 5.02 Å². The van der Waals surface area contributed by atoms with Gasteiger partial charge in [0.2, 0.25) is 5.91 Å². The molecule has 3 rings (SSSR count). The maximum atomic E-state index is 12.3. The summed E-state index contributed by atoms with van der Waals surface area (Å²) in [6.07, 6.45) is 5.22. The van der Waals surface area contributed by atoms with Gasteiger partial charge in [-0.3, -0.25) is 4.79 Å². The first kappa shape index (κ1) is 18.4. The molecule has 0 saturated heterocycles. The molecule has 1 amide bonds. The van der Waals surface area contributed by atoms with E-state index in [1.165, 1.54) is 0 Å². The van der Waals surface area contributed by atoms with Crippen LogP contribution in [0.5, 0.6) is 0 Å². The molecule has 0 fully saturated rings. The average molecular weight is 371 g/mol. The number of hydrogen-bond acceptors (Lipinski definition) is 3. The third kappa shape index (κ3) is 4.41. The second-order valence-electron chi connectivity index (χ2n) is 6.29. The number of imidazole rings is 1. The Hall–Kier alpha value is -2.40. The molecule has 0 saturated carbocycles. The largest absolute Gasteiger partial charge is 0.356 e. The van der Waals surface area contributed by atoms with Gasteiger partial charge in [-0.1, -0.05) is 49.6 Å². The number of nitrogens with one attached hydrogen (secondary N) is 1. The number of pyridine rings is 1. The van der Waals surface area contributed by atoms with Gasteiger partial charge in [0, 0.05) is 17.8 Å². The number of amides is 1. The molecule has 2 aromatic heterocycles. The lowest BCUT2D eigenvalue weighted by Gasteiger charge is -2.10. The Morgan fingerprint density at radius 2 is 2.04 bits per heavy atom. The van der Waals surface area contributed by atoms with Gasteiger partial charge in [-0.25, -0.2) is 9.97 Å². The van der Waals surface area contributed by atoms with Crippen LogP contribution in [0.4, 0.5) is 0 Å². The molecule has 1 N–H and O–H groups in total. The summed E-state index contributed by atoms with van der Waals surface area (Å²) in [5.41, 5.74) is 2.53. The maximum absolute atomic E-state index is 12.3. The van der Waals surface area contributed by atoms with Crippen LogP contribution in [-0.2, 0) is 17.8 Å². The molecule has 6 heteroatoms. The number of hydrogen-bond donors (Lipinski definition) is 1. The van der Waals surface area contributed by atoms with Crippen molar-refractivity contribution in [3.05, 3.63) is 59.0 Å². The number of unbranched alkanes of at least 4 members (excludes halogenated alkanes) is 2. The number of carbonyl (C=O) groups is 1. The molecule has 0 unspecified atom stereocenters. The van der Waals surface area contributed by atoms with E-state index in [9.17, 15) is 4.79 Å². The van der Waals surface area contributed by atoms with Crippen LogP contribution in [0.3, 0.4) is 0 Å². The van der Waals surface area contributed by atoms with Gasteiger partial charge in [0.15, 0.2) is 5.65 Å². The topological polar surface area (TPSA) is 59.8 Å². The number of halogens is 1. The van der Waals surface area contributed by atoms with Gasteiger partial charge in [0.05, 0.1) is 13.0 Å². The van der Waals surface area contributed by atoms with E-state index in [0.29, 0.717) is 23.9 Å². The number of benzene rings is 1. The molecule has 0 atom stereocenters. The predicted octanol–water partition coefficient (Wildman–Crippen LogP) is 3.98. The van der Waals surface area contributed by atoms with Crippen molar-refractivity contribution >= 4 is 28.7 Å². The summed E-state index contributed by atoms with van der Waals surface area (Å²) in [5.74, 6) is 0.684. The molecule has 136 valence electrons. The summed E-state index contributed by atoms with van der Waals surface area (Å²) in [7, 11) is 0. The van der Waals surface area contributed by atoms with E-state index in [0.717, 1.165) is 36.0 Å². The van der Waals surface area contributed by atoms with E-state index < -0.39 is 0 Å². The zero-order valence-corrected chi connectivity index (χ0v) is 15.7. The summed E-state index contributed by atoms with van der Waals surface area (Å²) in [5, 5.41) is 3.67. The minimum atomic E-state index is -0.0168. The molecule has 0 spiro atoms. The number of rotatable bonds is 8. The van der Waals surface area contributed by atoms with Crippen molar-refractivity contribution < 1.29 is 4.79 Å². The highest BCUT2D eigenvalue weighted by Crippen LogP contribution is 2.21. The van der Waals surface area contributed by atoms with E-state index >= 15 is 0 Å². The minimum Gasteiger partial charge on any atom is -0.356 e. The molecule has 0 aliphatic heterocycles. The fraction of sp³-hybridized carbons (Fsp3) is 0.350. The third-order valence-electron chi connectivity index (χ3n) is 4.29. The number of carbonyl (C=O) groups excluding carboxylic acids is 1. The fourth-order valence-corrected chi connectivity index (χ4v) is 3.11. The summed E-state index contributed by atoms with van der Waals surface area (Å²) in [6, 6.07) is 11.5. The third-order valence-corrected chi connectivity index (χ3v) is 4.66. The molecular formula is C20H23ClN4O. The first-order chi connectivity index (χ1) is 12.7. The quantitative estimate of drug-likeness (QED) is 0.610. The van der Waals surface area contributed by atoms with E-state index in [1.807, 2.05) is 41.0 Å². The van der Waals surface area contributed by atoms with Gasteiger partial charge >= 0.3 is 0 Å². The highest BCUT2D eigenvalue weighted by atomic mass is 35.5. The van der Waals surface area contributed by atoms with Crippen molar-refractivity contribution in [1.29, 1.82) is 0 Å². The lowest BCUT2D eigenvalue weighted by molar-refractivity contribution is -0.120. The van der Waals surface area contributed by atoms with Crippen molar-refractivity contribution in [1.82, 2.24) is 19.9 Å². The van der Waals surface area contributed by atoms with Crippen LogP contribution >= 0.6 is 11.6 Å². The van der Waals surface area contributed by atoms with Crippen LogP contribution < -0.4 is 5.32 Å². The lowest BCUT2D eigenvalue weighted by Crippen LogP contribution is -2.27. The Kier molecular flexibility index (Phi) is 6.23. The summed E-state index contributed by atoms with van der Waals surface area (Å²) >= 11 is 6.32. The van der Waals surface area contributed by atoms with E-state index in [-0.39, 0.29) is 12.3 Å². The van der Waals surface area contributed by atoms with Gasteiger partial charge < -0.3 is 9.88 Å². The van der Waals surface area contributed by atoms with Gasteiger partial charge in [-0.2, -0.15) is 0 Å². The standard InChI is InChI=1S/C20H23ClN4O/c1-2-3-6-11-22-19(26)13-18-24-17-10-7-12-23-20(17)25(18)14-15-8-4-5-9-16(15)21/h4-5,7-10,12H,2-3,6,11,13-14H2,1H3,(H,22,26). The van der Waals surface area contributed by atoms with Crippen molar-refractivity contribution in [3.63, 3.8) is 0 Å². The fourth-order valence-electron chi connectivity index (χ4n) is 2.91. The molecule has 1 aromatic carbocycles. The minimum absolute atomic E-state index is 0.0168. The second kappa shape index (κ2) is 8.81. The van der Waals surface area contributed by atoms with Gasteiger partial charge in [0.1, 0.15) is 11.3 Å². The van der Waals surface area contributed by atoms with Gasteiger partial charge in [0.25, 0.3) is 0 Å². The first-order valence-corrected chi connectivity index (χ1v) is 9.37. The SMILES string of the molecule is CCCCCNC(=O)Cc1nc2cccnc2n1Cc1ccccc1Cl. The number of nitrogens with zero attached hydrogens (tertiary/aromatic N) is 3. The monoisotopic (exact) mass is 370 g/mol. The second-order valence-corrected chi connectivity index (χ2v) is 6.69. The first-order valence-electron chi connectivity index (χ1n) is 8.99. The van der Waals surface area contributed by atoms with Crippen LogP contribution in [0, 0.1) is 0 Å². The molecule has 0 bridgehead atoms. The molecule has 5 nitrogen and oxygen atoms in total. The van der Waals surface area contributed by atoms with Crippen LogP contribution in [0.15, 0.2) is 42.6 Å². The van der Waals surface area contributed by atoms with E-state index in [2.05, 4.69) is 22.2 Å². The van der Waals surface area contributed by atoms with Crippen molar-refractivity contribution in [3.8, 4) is 0 Å². The predicted molar refractivity (Wildman–Crippen MR) is 104 cm³/mol. The van der Waals surface area contributed by atoms with E-state index in [4.69, 9.17) is 11.6 Å². The van der Waals surface area contributed by atoms with Crippen molar-refractivity contribution in [2.75, 3.05) is 6.54 Å². The number of aromatic nitrogens is 3. The van der Waals surface area contributed by atoms with E-state index in [1.54, 1.807) is 6.20 Å². The smallest absolute Gasteiger partial charge is 0.227 e. The lowest BCUT2D eigenvalue weighted by atomic mass is 10.2. The highest BCUT2D eigenvalue weighted by molar-refractivity contribution is 6.31. The average Bonchev–Trinajstić information content (AvgIpc) is 2.98. The van der Waals surface area contributed by atoms with Crippen molar-refractivity contribution in [2.24, 2.45) is 0 Å². The van der Waals surface area contributed by atoms with Gasteiger partial charge in [-0.05, 0) is 30.2 Å². The molecule has 3 aromatic rings. The Morgan fingerprint density at radius 3 is 2.85 bits per heavy atom. The zero-order chi connectivity index (χ0) is 18.4. The molecule has 0 radical (unpaired) electrons. The Labute approximate surface area is 158 Å². The summed E-state index contributed by atoms with van der Waals surface area (Å²) in [4.78, 5) is 21.4. The van der Waals surface area contributed by atoms with Crippen molar-refractivity contribution in [2.45, 2.75) is 39.2 Å². The molecule has 0 aliphatic rings. The number of fused-ring (bicyclic) bond motifs is 1. The van der Waals surface area contributed by atoms with Crippen LogP contribution in [0.25, 0.3) is 11.2 Å². The Balaban J connectivity index is 1.83. The van der Waals surface area contributed by atoms with Crippen LogP contribution in [0.1, 0.15) is 37.6 Å². The Bertz CT molecular complexity index is 890. The molecule has 2 heterocycles. The highest BCUT2D eigenvalue weighted by Gasteiger charge is 2.16. The zero-order valence-electron chi connectivity index (χ0n) is 14.9.